The van der Waals surface area contributed by atoms with E-state index in [4.69, 9.17) is 0 Å². The highest BCUT2D eigenvalue weighted by atomic mass is 16.2. The molecule has 1 heterocycles. The quantitative estimate of drug-likeness (QED) is 0.904. The first-order chi connectivity index (χ1) is 10.6. The third kappa shape index (κ3) is 4.71. The second-order valence-electron chi connectivity index (χ2n) is 6.07. The van der Waals surface area contributed by atoms with Crippen LogP contribution in [0.15, 0.2) is 24.3 Å². The van der Waals surface area contributed by atoms with Gasteiger partial charge in [-0.25, -0.2) is 4.79 Å². The SMILES string of the molecule is CCc1ccccc1NC(=O)N1CCN(CCN(C)C)CC1. The molecule has 1 saturated heterocycles. The number of hydrogen-bond donors (Lipinski definition) is 1. The number of rotatable bonds is 5. The van der Waals surface area contributed by atoms with Gasteiger partial charge in [0.05, 0.1) is 0 Å². The standard InChI is InChI=1S/C17H28N4O/c1-4-15-7-5-6-8-16(15)18-17(22)21-13-11-20(12-14-21)10-9-19(2)3/h5-8H,4,9-14H2,1-3H3,(H,18,22). The summed E-state index contributed by atoms with van der Waals surface area (Å²) in [6.45, 7) is 7.75. The van der Waals surface area contributed by atoms with Crippen molar-refractivity contribution in [3.63, 3.8) is 0 Å². The van der Waals surface area contributed by atoms with Crippen molar-refractivity contribution in [1.29, 1.82) is 0 Å². The van der Waals surface area contributed by atoms with Crippen molar-refractivity contribution in [2.24, 2.45) is 0 Å². The van der Waals surface area contributed by atoms with E-state index in [9.17, 15) is 4.79 Å². The van der Waals surface area contributed by atoms with Crippen LogP contribution >= 0.6 is 0 Å². The highest BCUT2D eigenvalue weighted by Crippen LogP contribution is 2.16. The minimum atomic E-state index is 0.0214. The molecular weight excluding hydrogens is 276 g/mol. The number of nitrogens with zero attached hydrogens (tertiary/aromatic N) is 3. The number of likely N-dealkylation sites (N-methyl/N-ethyl adjacent to an activating group) is 1. The third-order valence-electron chi connectivity index (χ3n) is 4.16. The van der Waals surface area contributed by atoms with Crippen molar-refractivity contribution in [3.8, 4) is 0 Å². The first kappa shape index (κ1) is 16.8. The Kier molecular flexibility index (Phi) is 6.21. The number of amides is 2. The van der Waals surface area contributed by atoms with Crippen LogP contribution in [-0.4, -0.2) is 74.1 Å². The summed E-state index contributed by atoms with van der Waals surface area (Å²) in [5.41, 5.74) is 2.12. The highest BCUT2D eigenvalue weighted by Gasteiger charge is 2.21. The van der Waals surface area contributed by atoms with Gasteiger partial charge in [0.2, 0.25) is 0 Å². The lowest BCUT2D eigenvalue weighted by molar-refractivity contribution is 0.140. The zero-order valence-corrected chi connectivity index (χ0v) is 14.0. The lowest BCUT2D eigenvalue weighted by Crippen LogP contribution is -2.51. The number of carbonyl (C=O) groups is 1. The van der Waals surface area contributed by atoms with E-state index in [1.165, 1.54) is 5.56 Å². The molecular formula is C17H28N4O. The van der Waals surface area contributed by atoms with E-state index in [0.29, 0.717) is 0 Å². The number of urea groups is 1. The van der Waals surface area contributed by atoms with Crippen molar-refractivity contribution < 1.29 is 4.79 Å². The van der Waals surface area contributed by atoms with E-state index in [2.05, 4.69) is 42.2 Å². The Morgan fingerprint density at radius 1 is 1.18 bits per heavy atom. The first-order valence-corrected chi connectivity index (χ1v) is 8.11. The number of aryl methyl sites for hydroxylation is 1. The van der Waals surface area contributed by atoms with Crippen LogP contribution < -0.4 is 5.32 Å². The average Bonchev–Trinajstić information content (AvgIpc) is 2.54. The smallest absolute Gasteiger partial charge is 0.321 e. The van der Waals surface area contributed by atoms with Crippen LogP contribution in [-0.2, 0) is 6.42 Å². The van der Waals surface area contributed by atoms with Crippen LogP contribution in [0.2, 0.25) is 0 Å². The molecule has 0 aromatic heterocycles. The van der Waals surface area contributed by atoms with Gasteiger partial charge in [-0.05, 0) is 32.1 Å². The number of para-hydroxylation sites is 1. The summed E-state index contributed by atoms with van der Waals surface area (Å²) in [4.78, 5) is 18.9. The average molecular weight is 304 g/mol. The lowest BCUT2D eigenvalue weighted by atomic mass is 10.1. The van der Waals surface area contributed by atoms with Gasteiger partial charge in [0.1, 0.15) is 0 Å². The highest BCUT2D eigenvalue weighted by molar-refractivity contribution is 5.90. The van der Waals surface area contributed by atoms with E-state index in [0.717, 1.165) is 51.4 Å². The Morgan fingerprint density at radius 2 is 1.86 bits per heavy atom. The summed E-state index contributed by atoms with van der Waals surface area (Å²) in [6, 6.07) is 8.04. The topological polar surface area (TPSA) is 38.8 Å². The van der Waals surface area contributed by atoms with Gasteiger partial charge in [0.15, 0.2) is 0 Å². The van der Waals surface area contributed by atoms with Crippen LogP contribution in [0.25, 0.3) is 0 Å². The molecule has 5 nitrogen and oxygen atoms in total. The molecule has 0 unspecified atom stereocenters. The van der Waals surface area contributed by atoms with Crippen molar-refractivity contribution in [2.75, 3.05) is 58.7 Å². The Morgan fingerprint density at radius 3 is 2.50 bits per heavy atom. The Labute approximate surface area is 133 Å². The number of hydrogen-bond acceptors (Lipinski definition) is 3. The fraction of sp³-hybridized carbons (Fsp3) is 0.588. The molecule has 5 heteroatoms. The molecule has 1 aromatic carbocycles. The summed E-state index contributed by atoms with van der Waals surface area (Å²) in [7, 11) is 4.18. The van der Waals surface area contributed by atoms with E-state index in [-0.39, 0.29) is 6.03 Å². The summed E-state index contributed by atoms with van der Waals surface area (Å²) in [5.74, 6) is 0. The second kappa shape index (κ2) is 8.15. The third-order valence-corrected chi connectivity index (χ3v) is 4.16. The van der Waals surface area contributed by atoms with Gasteiger partial charge >= 0.3 is 6.03 Å². The fourth-order valence-electron chi connectivity index (χ4n) is 2.66. The number of nitrogens with one attached hydrogen (secondary N) is 1. The fourth-order valence-corrected chi connectivity index (χ4v) is 2.66. The maximum Gasteiger partial charge on any atom is 0.321 e. The van der Waals surface area contributed by atoms with Crippen molar-refractivity contribution in [2.45, 2.75) is 13.3 Å². The Bertz CT molecular complexity index is 481. The molecule has 0 bridgehead atoms. The molecule has 1 aliphatic heterocycles. The number of carbonyl (C=O) groups excluding carboxylic acids is 1. The monoisotopic (exact) mass is 304 g/mol. The van der Waals surface area contributed by atoms with Crippen molar-refractivity contribution in [3.05, 3.63) is 29.8 Å². The summed E-state index contributed by atoms with van der Waals surface area (Å²) in [6.07, 6.45) is 0.925. The molecule has 122 valence electrons. The van der Waals surface area contributed by atoms with Crippen LogP contribution in [0.3, 0.4) is 0 Å². The van der Waals surface area contributed by atoms with Gasteiger partial charge in [-0.2, -0.15) is 0 Å². The predicted octanol–water partition coefficient (Wildman–Crippen LogP) is 1.96. The molecule has 1 fully saturated rings. The van der Waals surface area contributed by atoms with Crippen molar-refractivity contribution >= 4 is 11.7 Å². The minimum Gasteiger partial charge on any atom is -0.322 e. The van der Waals surface area contributed by atoms with Gasteiger partial charge in [-0.3, -0.25) is 4.90 Å². The minimum absolute atomic E-state index is 0.0214. The molecule has 0 aliphatic carbocycles. The van der Waals surface area contributed by atoms with Gasteiger partial charge in [-0.15, -0.1) is 0 Å². The van der Waals surface area contributed by atoms with E-state index in [1.807, 2.05) is 23.1 Å². The van der Waals surface area contributed by atoms with Gasteiger partial charge in [0.25, 0.3) is 0 Å². The number of piperazine rings is 1. The van der Waals surface area contributed by atoms with Crippen LogP contribution in [0.5, 0.6) is 0 Å². The van der Waals surface area contributed by atoms with Crippen LogP contribution in [0.1, 0.15) is 12.5 Å². The van der Waals surface area contributed by atoms with Crippen LogP contribution in [0.4, 0.5) is 10.5 Å². The molecule has 1 aromatic rings. The molecule has 2 amide bonds. The Hall–Kier alpha value is -1.59. The maximum absolute atomic E-state index is 12.4. The second-order valence-corrected chi connectivity index (χ2v) is 6.07. The normalized spacial score (nSPS) is 16.1. The molecule has 0 spiro atoms. The summed E-state index contributed by atoms with van der Waals surface area (Å²) >= 11 is 0. The molecule has 0 radical (unpaired) electrons. The first-order valence-electron chi connectivity index (χ1n) is 8.11. The zero-order chi connectivity index (χ0) is 15.9. The lowest BCUT2D eigenvalue weighted by Gasteiger charge is -2.35. The van der Waals surface area contributed by atoms with Gasteiger partial charge in [0, 0.05) is 45.0 Å². The number of anilines is 1. The zero-order valence-electron chi connectivity index (χ0n) is 14.0. The van der Waals surface area contributed by atoms with Crippen LogP contribution in [0, 0.1) is 0 Å². The van der Waals surface area contributed by atoms with Gasteiger partial charge < -0.3 is 15.1 Å². The van der Waals surface area contributed by atoms with Gasteiger partial charge in [-0.1, -0.05) is 25.1 Å². The van der Waals surface area contributed by atoms with Crippen molar-refractivity contribution in [1.82, 2.24) is 14.7 Å². The molecule has 0 atom stereocenters. The van der Waals surface area contributed by atoms with E-state index >= 15 is 0 Å². The number of benzene rings is 1. The summed E-state index contributed by atoms with van der Waals surface area (Å²) < 4.78 is 0. The molecule has 2 rings (SSSR count). The Balaban J connectivity index is 1.82. The maximum atomic E-state index is 12.4. The molecule has 22 heavy (non-hydrogen) atoms. The predicted molar refractivity (Wildman–Crippen MR) is 91.4 cm³/mol. The molecule has 1 aliphatic rings. The van der Waals surface area contributed by atoms with E-state index in [1.54, 1.807) is 0 Å². The summed E-state index contributed by atoms with van der Waals surface area (Å²) in [5, 5.41) is 3.06. The molecule has 0 saturated carbocycles. The van der Waals surface area contributed by atoms with E-state index < -0.39 is 0 Å². The molecule has 1 N–H and O–H groups in total. The largest absolute Gasteiger partial charge is 0.322 e.